The third kappa shape index (κ3) is 8.50. The number of rotatable bonds is 10. The summed E-state index contributed by atoms with van der Waals surface area (Å²) in [5, 5.41) is 6.81. The highest BCUT2D eigenvalue weighted by Gasteiger charge is 2.25. The van der Waals surface area contributed by atoms with Crippen molar-refractivity contribution in [1.82, 2.24) is 15.5 Å². The van der Waals surface area contributed by atoms with Crippen LogP contribution in [-0.2, 0) is 9.53 Å². The van der Waals surface area contributed by atoms with Crippen molar-refractivity contribution in [2.45, 2.75) is 90.2 Å². The van der Waals surface area contributed by atoms with Crippen molar-refractivity contribution < 1.29 is 9.53 Å². The summed E-state index contributed by atoms with van der Waals surface area (Å²) in [4.78, 5) is 18.5. The number of nitrogens with zero attached hydrogens (tertiary/aromatic N) is 2. The molecule has 1 saturated heterocycles. The molecule has 2 rings (SSSR count). The van der Waals surface area contributed by atoms with Crippen LogP contribution < -0.4 is 10.6 Å². The first-order chi connectivity index (χ1) is 13.2. The van der Waals surface area contributed by atoms with E-state index >= 15 is 0 Å². The zero-order chi connectivity index (χ0) is 19.3. The molecule has 1 unspecified atom stereocenters. The summed E-state index contributed by atoms with van der Waals surface area (Å²) in [6, 6.07) is 0.308. The summed E-state index contributed by atoms with van der Waals surface area (Å²) >= 11 is 0. The second-order valence-corrected chi connectivity index (χ2v) is 7.78. The van der Waals surface area contributed by atoms with Crippen LogP contribution in [0.5, 0.6) is 0 Å². The van der Waals surface area contributed by atoms with Crippen LogP contribution in [0, 0.1) is 0 Å². The number of carbonyl (C=O) groups is 1. The van der Waals surface area contributed by atoms with E-state index in [2.05, 4.69) is 17.6 Å². The highest BCUT2D eigenvalue weighted by atomic mass is 16.5. The van der Waals surface area contributed by atoms with E-state index in [9.17, 15) is 4.79 Å². The standard InChI is InChI=1S/C21H40N4O2/c1-3-20(26)25-15-13-18(17-25)24-21(22-4-2)23-14-9-6-10-16-27-19-11-7-5-8-12-19/h18-19H,3-17H2,1-2H3,(H2,22,23,24). The van der Waals surface area contributed by atoms with Crippen LogP contribution in [0.4, 0.5) is 0 Å². The maximum Gasteiger partial charge on any atom is 0.222 e. The minimum atomic E-state index is 0.247. The molecular weight excluding hydrogens is 340 g/mol. The fraction of sp³-hybridized carbons (Fsp3) is 0.905. The highest BCUT2D eigenvalue weighted by molar-refractivity contribution is 5.80. The van der Waals surface area contributed by atoms with Gasteiger partial charge in [-0.05, 0) is 45.4 Å². The lowest BCUT2D eigenvalue weighted by molar-refractivity contribution is -0.129. The van der Waals surface area contributed by atoms with Gasteiger partial charge in [0.2, 0.25) is 5.91 Å². The van der Waals surface area contributed by atoms with Gasteiger partial charge < -0.3 is 20.3 Å². The molecule has 1 aliphatic heterocycles. The Hall–Kier alpha value is -1.30. The molecule has 1 amide bonds. The number of amides is 1. The van der Waals surface area contributed by atoms with Crippen LogP contribution >= 0.6 is 0 Å². The van der Waals surface area contributed by atoms with Gasteiger partial charge in [0.25, 0.3) is 0 Å². The van der Waals surface area contributed by atoms with Gasteiger partial charge in [0.1, 0.15) is 0 Å². The van der Waals surface area contributed by atoms with Gasteiger partial charge in [-0.25, -0.2) is 0 Å². The molecule has 6 nitrogen and oxygen atoms in total. The second kappa shape index (κ2) is 13.0. The molecular formula is C21H40N4O2. The second-order valence-electron chi connectivity index (χ2n) is 7.78. The summed E-state index contributed by atoms with van der Waals surface area (Å²) in [5.41, 5.74) is 0. The fourth-order valence-corrected chi connectivity index (χ4v) is 3.90. The Morgan fingerprint density at radius 1 is 1.11 bits per heavy atom. The van der Waals surface area contributed by atoms with E-state index < -0.39 is 0 Å². The largest absolute Gasteiger partial charge is 0.378 e. The Kier molecular flexibility index (Phi) is 10.6. The Balaban J connectivity index is 1.58. The number of carbonyl (C=O) groups excluding carboxylic acids is 1. The van der Waals surface area contributed by atoms with Gasteiger partial charge in [-0.3, -0.25) is 9.79 Å². The Morgan fingerprint density at radius 2 is 1.93 bits per heavy atom. The van der Waals surface area contributed by atoms with Crippen molar-refractivity contribution >= 4 is 11.9 Å². The topological polar surface area (TPSA) is 66.0 Å². The maximum absolute atomic E-state index is 11.8. The van der Waals surface area contributed by atoms with Crippen LogP contribution in [0.2, 0.25) is 0 Å². The predicted octanol–water partition coefficient (Wildman–Crippen LogP) is 3.07. The summed E-state index contributed by atoms with van der Waals surface area (Å²) in [6.45, 7) is 8.24. The molecule has 0 aromatic heterocycles. The molecule has 0 radical (unpaired) electrons. The molecule has 0 spiro atoms. The lowest BCUT2D eigenvalue weighted by atomic mass is 9.98. The zero-order valence-corrected chi connectivity index (χ0v) is 17.5. The average Bonchev–Trinajstić information content (AvgIpc) is 3.16. The van der Waals surface area contributed by atoms with Crippen molar-refractivity contribution in [3.8, 4) is 0 Å². The Labute approximate surface area is 165 Å². The van der Waals surface area contributed by atoms with Crippen molar-refractivity contribution in [3.63, 3.8) is 0 Å². The quantitative estimate of drug-likeness (QED) is 0.347. The molecule has 0 aromatic carbocycles. The molecule has 1 atom stereocenters. The Morgan fingerprint density at radius 3 is 2.67 bits per heavy atom. The lowest BCUT2D eigenvalue weighted by Crippen LogP contribution is -2.45. The van der Waals surface area contributed by atoms with Gasteiger partial charge >= 0.3 is 0 Å². The highest BCUT2D eigenvalue weighted by Crippen LogP contribution is 2.20. The number of unbranched alkanes of at least 4 members (excludes halogenated alkanes) is 2. The molecule has 27 heavy (non-hydrogen) atoms. The first-order valence-corrected chi connectivity index (χ1v) is 11.2. The fourth-order valence-electron chi connectivity index (χ4n) is 3.90. The van der Waals surface area contributed by atoms with Crippen molar-refractivity contribution in [2.75, 3.05) is 32.8 Å². The molecule has 1 aliphatic carbocycles. The summed E-state index contributed by atoms with van der Waals surface area (Å²) in [7, 11) is 0. The maximum atomic E-state index is 11.8. The summed E-state index contributed by atoms with van der Waals surface area (Å²) < 4.78 is 5.98. The van der Waals surface area contributed by atoms with Gasteiger partial charge in [0.05, 0.1) is 6.10 Å². The number of nitrogens with one attached hydrogen (secondary N) is 2. The van der Waals surface area contributed by atoms with E-state index in [0.717, 1.165) is 64.4 Å². The van der Waals surface area contributed by atoms with Gasteiger partial charge in [-0.1, -0.05) is 26.2 Å². The van der Waals surface area contributed by atoms with Crippen molar-refractivity contribution in [1.29, 1.82) is 0 Å². The van der Waals surface area contributed by atoms with E-state index in [1.807, 2.05) is 11.8 Å². The van der Waals surface area contributed by atoms with Gasteiger partial charge in [0, 0.05) is 45.2 Å². The molecule has 1 saturated carbocycles. The minimum absolute atomic E-state index is 0.247. The number of hydrogen-bond donors (Lipinski definition) is 2. The number of ether oxygens (including phenoxy) is 1. The van der Waals surface area contributed by atoms with Gasteiger partial charge in [-0.2, -0.15) is 0 Å². The predicted molar refractivity (Wildman–Crippen MR) is 111 cm³/mol. The smallest absolute Gasteiger partial charge is 0.222 e. The number of guanidine groups is 1. The van der Waals surface area contributed by atoms with Crippen LogP contribution in [0.15, 0.2) is 4.99 Å². The first-order valence-electron chi connectivity index (χ1n) is 11.2. The number of hydrogen-bond acceptors (Lipinski definition) is 3. The summed E-state index contributed by atoms with van der Waals surface area (Å²) in [5.74, 6) is 1.13. The van der Waals surface area contributed by atoms with E-state index in [1.54, 1.807) is 0 Å². The number of likely N-dealkylation sites (tertiary alicyclic amines) is 1. The molecule has 2 aliphatic rings. The Bertz CT molecular complexity index is 449. The van der Waals surface area contributed by atoms with E-state index in [0.29, 0.717) is 18.6 Å². The van der Waals surface area contributed by atoms with Crippen molar-refractivity contribution in [2.24, 2.45) is 4.99 Å². The van der Waals surface area contributed by atoms with Crippen molar-refractivity contribution in [3.05, 3.63) is 0 Å². The van der Waals surface area contributed by atoms with E-state index in [4.69, 9.17) is 9.73 Å². The normalized spacial score (nSPS) is 21.5. The SMILES string of the molecule is CCNC(=NCCCCCOC1CCCCC1)NC1CCN(C(=O)CC)C1. The molecule has 0 bridgehead atoms. The first kappa shape index (κ1) is 22.0. The zero-order valence-electron chi connectivity index (χ0n) is 17.5. The monoisotopic (exact) mass is 380 g/mol. The molecule has 6 heteroatoms. The van der Waals surface area contributed by atoms with Crippen LogP contribution in [0.3, 0.4) is 0 Å². The third-order valence-corrected chi connectivity index (χ3v) is 5.51. The molecule has 1 heterocycles. The molecule has 0 aromatic rings. The minimum Gasteiger partial charge on any atom is -0.378 e. The van der Waals surface area contributed by atoms with E-state index in [1.165, 1.54) is 32.1 Å². The van der Waals surface area contributed by atoms with Crippen LogP contribution in [0.25, 0.3) is 0 Å². The van der Waals surface area contributed by atoms with Crippen LogP contribution in [0.1, 0.15) is 78.1 Å². The van der Waals surface area contributed by atoms with E-state index in [-0.39, 0.29) is 5.91 Å². The summed E-state index contributed by atoms with van der Waals surface area (Å²) in [6.07, 6.45) is 12.1. The number of aliphatic imine (C=N–C) groups is 1. The third-order valence-electron chi connectivity index (χ3n) is 5.51. The molecule has 2 fully saturated rings. The van der Waals surface area contributed by atoms with Crippen LogP contribution in [-0.4, -0.2) is 61.7 Å². The lowest BCUT2D eigenvalue weighted by Gasteiger charge is -2.21. The van der Waals surface area contributed by atoms with Gasteiger partial charge in [0.15, 0.2) is 5.96 Å². The average molecular weight is 381 g/mol. The molecule has 2 N–H and O–H groups in total. The molecule has 156 valence electrons. The van der Waals surface area contributed by atoms with Gasteiger partial charge in [-0.15, -0.1) is 0 Å².